The van der Waals surface area contributed by atoms with Crippen LogP contribution in [0.15, 0.2) is 24.3 Å². The highest BCUT2D eigenvalue weighted by atomic mass is 16.5. The Morgan fingerprint density at radius 2 is 1.57 bits per heavy atom. The standard InChI is InChI=1S/C19H32O2/c1-3-4-5-6-7-8-9-10-15-19(20)18-14-12-11-13-17(18)16-21-2/h11-14,19-20H,3-10,15-16H2,1-2H3. The second kappa shape index (κ2) is 11.8. The van der Waals surface area contributed by atoms with Gasteiger partial charge in [-0.2, -0.15) is 0 Å². The van der Waals surface area contributed by atoms with Crippen LogP contribution in [0.2, 0.25) is 0 Å². The average molecular weight is 292 g/mol. The van der Waals surface area contributed by atoms with Gasteiger partial charge in [0.2, 0.25) is 0 Å². The number of aliphatic hydroxyl groups is 1. The first-order valence-corrected chi connectivity index (χ1v) is 8.54. The van der Waals surface area contributed by atoms with E-state index in [0.29, 0.717) is 6.61 Å². The van der Waals surface area contributed by atoms with Crippen LogP contribution in [0, 0.1) is 0 Å². The molecule has 120 valence electrons. The second-order valence-electron chi connectivity index (χ2n) is 5.91. The number of unbranched alkanes of at least 4 members (excludes halogenated alkanes) is 7. The smallest absolute Gasteiger partial charge is 0.0793 e. The molecule has 0 aliphatic carbocycles. The monoisotopic (exact) mass is 292 g/mol. The Balaban J connectivity index is 2.20. The normalized spacial score (nSPS) is 12.5. The van der Waals surface area contributed by atoms with Crippen LogP contribution in [-0.4, -0.2) is 12.2 Å². The first kappa shape index (κ1) is 18.2. The van der Waals surface area contributed by atoms with Crippen molar-refractivity contribution in [2.75, 3.05) is 7.11 Å². The molecule has 1 unspecified atom stereocenters. The van der Waals surface area contributed by atoms with Crippen LogP contribution in [0.4, 0.5) is 0 Å². The summed E-state index contributed by atoms with van der Waals surface area (Å²) in [5.74, 6) is 0. The lowest BCUT2D eigenvalue weighted by Gasteiger charge is -2.15. The fraction of sp³-hybridized carbons (Fsp3) is 0.684. The summed E-state index contributed by atoms with van der Waals surface area (Å²) < 4.78 is 5.20. The highest BCUT2D eigenvalue weighted by Gasteiger charge is 2.11. The van der Waals surface area contributed by atoms with Gasteiger partial charge >= 0.3 is 0 Å². The molecule has 1 aromatic carbocycles. The molecule has 0 radical (unpaired) electrons. The van der Waals surface area contributed by atoms with Gasteiger partial charge in [-0.05, 0) is 17.5 Å². The molecule has 0 saturated heterocycles. The summed E-state index contributed by atoms with van der Waals surface area (Å²) in [4.78, 5) is 0. The molecule has 0 spiro atoms. The van der Waals surface area contributed by atoms with E-state index >= 15 is 0 Å². The molecule has 2 heteroatoms. The zero-order valence-corrected chi connectivity index (χ0v) is 13.8. The lowest BCUT2D eigenvalue weighted by molar-refractivity contribution is 0.151. The van der Waals surface area contributed by atoms with Crippen molar-refractivity contribution >= 4 is 0 Å². The number of methoxy groups -OCH3 is 1. The third-order valence-electron chi connectivity index (χ3n) is 4.05. The van der Waals surface area contributed by atoms with Gasteiger partial charge in [0.05, 0.1) is 12.7 Å². The van der Waals surface area contributed by atoms with E-state index in [1.165, 1.54) is 44.9 Å². The molecule has 0 saturated carbocycles. The number of ether oxygens (including phenoxy) is 1. The van der Waals surface area contributed by atoms with Gasteiger partial charge in [-0.25, -0.2) is 0 Å². The van der Waals surface area contributed by atoms with Crippen molar-refractivity contribution in [1.82, 2.24) is 0 Å². The van der Waals surface area contributed by atoms with Crippen LogP contribution in [0.3, 0.4) is 0 Å². The van der Waals surface area contributed by atoms with Crippen molar-refractivity contribution in [1.29, 1.82) is 0 Å². The number of aliphatic hydroxyl groups excluding tert-OH is 1. The summed E-state index contributed by atoms with van der Waals surface area (Å²) in [5.41, 5.74) is 2.13. The van der Waals surface area contributed by atoms with Crippen LogP contribution >= 0.6 is 0 Å². The summed E-state index contributed by atoms with van der Waals surface area (Å²) in [6, 6.07) is 8.05. The fourth-order valence-electron chi connectivity index (χ4n) is 2.77. The van der Waals surface area contributed by atoms with E-state index in [4.69, 9.17) is 4.74 Å². The second-order valence-corrected chi connectivity index (χ2v) is 5.91. The van der Waals surface area contributed by atoms with Crippen molar-refractivity contribution < 1.29 is 9.84 Å². The van der Waals surface area contributed by atoms with Gasteiger partial charge < -0.3 is 9.84 Å². The molecule has 0 amide bonds. The van der Waals surface area contributed by atoms with Gasteiger partial charge in [-0.3, -0.25) is 0 Å². The summed E-state index contributed by atoms with van der Waals surface area (Å²) in [5, 5.41) is 10.3. The number of benzene rings is 1. The van der Waals surface area contributed by atoms with E-state index < -0.39 is 0 Å². The third kappa shape index (κ3) is 7.63. The summed E-state index contributed by atoms with van der Waals surface area (Å²) >= 11 is 0. The Labute approximate surface area is 130 Å². The van der Waals surface area contributed by atoms with E-state index in [1.807, 2.05) is 24.3 Å². The largest absolute Gasteiger partial charge is 0.388 e. The number of rotatable bonds is 12. The fourth-order valence-corrected chi connectivity index (χ4v) is 2.77. The lowest BCUT2D eigenvalue weighted by atomic mass is 9.98. The molecular weight excluding hydrogens is 260 g/mol. The summed E-state index contributed by atoms with van der Waals surface area (Å²) in [6.07, 6.45) is 10.9. The van der Waals surface area contributed by atoms with Gasteiger partial charge in [0.15, 0.2) is 0 Å². The van der Waals surface area contributed by atoms with Crippen LogP contribution in [-0.2, 0) is 11.3 Å². The molecule has 0 aromatic heterocycles. The Morgan fingerprint density at radius 1 is 0.952 bits per heavy atom. The van der Waals surface area contributed by atoms with Gasteiger partial charge in [0.25, 0.3) is 0 Å². The predicted octanol–water partition coefficient (Wildman–Crippen LogP) is 5.40. The van der Waals surface area contributed by atoms with Crippen molar-refractivity contribution in [3.05, 3.63) is 35.4 Å². The van der Waals surface area contributed by atoms with Crippen LogP contribution in [0.25, 0.3) is 0 Å². The maximum Gasteiger partial charge on any atom is 0.0793 e. The Hall–Kier alpha value is -0.860. The summed E-state index contributed by atoms with van der Waals surface area (Å²) in [7, 11) is 1.70. The molecule has 1 atom stereocenters. The Morgan fingerprint density at radius 3 is 2.24 bits per heavy atom. The van der Waals surface area contributed by atoms with E-state index in [9.17, 15) is 5.11 Å². The zero-order chi connectivity index (χ0) is 15.3. The predicted molar refractivity (Wildman–Crippen MR) is 89.3 cm³/mol. The van der Waals surface area contributed by atoms with Crippen molar-refractivity contribution in [2.45, 2.75) is 77.4 Å². The molecule has 0 bridgehead atoms. The molecule has 2 nitrogen and oxygen atoms in total. The number of hydrogen-bond acceptors (Lipinski definition) is 2. The minimum atomic E-state index is -0.351. The topological polar surface area (TPSA) is 29.5 Å². The van der Waals surface area contributed by atoms with E-state index in [-0.39, 0.29) is 6.10 Å². The van der Waals surface area contributed by atoms with Crippen LogP contribution < -0.4 is 0 Å². The average Bonchev–Trinajstić information content (AvgIpc) is 2.50. The molecule has 0 aliphatic heterocycles. The molecule has 0 aliphatic rings. The van der Waals surface area contributed by atoms with Gasteiger partial charge in [-0.15, -0.1) is 0 Å². The molecular formula is C19H32O2. The molecule has 0 fully saturated rings. The Kier molecular flexibility index (Phi) is 10.2. The molecule has 0 heterocycles. The van der Waals surface area contributed by atoms with E-state index in [2.05, 4.69) is 6.92 Å². The minimum Gasteiger partial charge on any atom is -0.388 e. The van der Waals surface area contributed by atoms with Crippen molar-refractivity contribution in [2.24, 2.45) is 0 Å². The maximum absolute atomic E-state index is 10.3. The third-order valence-corrected chi connectivity index (χ3v) is 4.05. The van der Waals surface area contributed by atoms with Gasteiger partial charge in [0, 0.05) is 7.11 Å². The maximum atomic E-state index is 10.3. The Bertz CT molecular complexity index is 362. The zero-order valence-electron chi connectivity index (χ0n) is 13.8. The SMILES string of the molecule is CCCCCCCCCCC(O)c1ccccc1COC. The molecule has 1 N–H and O–H groups in total. The van der Waals surface area contributed by atoms with E-state index in [1.54, 1.807) is 7.11 Å². The van der Waals surface area contributed by atoms with Crippen LogP contribution in [0.1, 0.15) is 81.9 Å². The minimum absolute atomic E-state index is 0.351. The lowest BCUT2D eigenvalue weighted by Crippen LogP contribution is -2.03. The quantitative estimate of drug-likeness (QED) is 0.523. The first-order valence-electron chi connectivity index (χ1n) is 8.54. The summed E-state index contributed by atoms with van der Waals surface area (Å²) in [6.45, 7) is 2.83. The first-order chi connectivity index (χ1) is 10.3. The highest BCUT2D eigenvalue weighted by molar-refractivity contribution is 5.28. The van der Waals surface area contributed by atoms with Crippen molar-refractivity contribution in [3.8, 4) is 0 Å². The van der Waals surface area contributed by atoms with Gasteiger partial charge in [-0.1, -0.05) is 82.6 Å². The highest BCUT2D eigenvalue weighted by Crippen LogP contribution is 2.24. The number of hydrogen-bond donors (Lipinski definition) is 1. The molecule has 21 heavy (non-hydrogen) atoms. The van der Waals surface area contributed by atoms with E-state index in [0.717, 1.165) is 24.0 Å². The molecule has 1 rings (SSSR count). The van der Waals surface area contributed by atoms with Crippen molar-refractivity contribution in [3.63, 3.8) is 0 Å². The van der Waals surface area contributed by atoms with Gasteiger partial charge in [0.1, 0.15) is 0 Å². The van der Waals surface area contributed by atoms with Crippen LogP contribution in [0.5, 0.6) is 0 Å². The molecule has 1 aromatic rings.